The molecule has 1 unspecified atom stereocenters. The Balaban J connectivity index is 2.55. The van der Waals surface area contributed by atoms with E-state index in [-0.39, 0.29) is 23.2 Å². The molecule has 0 bridgehead atoms. The standard InChI is InChI=1S/C9H16O3S/c1-2-3-6-13(11,12)9-5-4-8(10)7-9/h9H,2-7H2,1H3. The van der Waals surface area contributed by atoms with E-state index in [0.29, 0.717) is 19.3 Å². The number of ketones is 1. The molecule has 0 N–H and O–H groups in total. The summed E-state index contributed by atoms with van der Waals surface area (Å²) >= 11 is 0. The minimum absolute atomic E-state index is 0.102. The molecule has 1 aliphatic carbocycles. The van der Waals surface area contributed by atoms with Crippen molar-refractivity contribution in [2.75, 3.05) is 5.75 Å². The van der Waals surface area contributed by atoms with Crippen molar-refractivity contribution in [2.24, 2.45) is 0 Å². The summed E-state index contributed by atoms with van der Waals surface area (Å²) in [5, 5.41) is -0.369. The van der Waals surface area contributed by atoms with Crippen molar-refractivity contribution in [1.29, 1.82) is 0 Å². The predicted octanol–water partition coefficient (Wildman–Crippen LogP) is 1.32. The Kier molecular flexibility index (Phi) is 3.47. The van der Waals surface area contributed by atoms with Crippen LogP contribution in [0.15, 0.2) is 0 Å². The molecule has 3 nitrogen and oxygen atoms in total. The van der Waals surface area contributed by atoms with Gasteiger partial charge in [-0.05, 0) is 12.8 Å². The van der Waals surface area contributed by atoms with Crippen LogP contribution in [0.3, 0.4) is 0 Å². The van der Waals surface area contributed by atoms with Crippen LogP contribution in [0.25, 0.3) is 0 Å². The number of rotatable bonds is 4. The molecular formula is C9H16O3S. The van der Waals surface area contributed by atoms with E-state index in [0.717, 1.165) is 6.42 Å². The van der Waals surface area contributed by atoms with E-state index in [9.17, 15) is 13.2 Å². The van der Waals surface area contributed by atoms with Gasteiger partial charge in [-0.25, -0.2) is 8.42 Å². The molecule has 1 aliphatic rings. The quantitative estimate of drug-likeness (QED) is 0.694. The Hall–Kier alpha value is -0.380. The highest BCUT2D eigenvalue weighted by Crippen LogP contribution is 2.23. The molecule has 0 spiro atoms. The number of hydrogen-bond donors (Lipinski definition) is 0. The second kappa shape index (κ2) is 4.22. The smallest absolute Gasteiger partial charge is 0.153 e. The van der Waals surface area contributed by atoms with Crippen molar-refractivity contribution < 1.29 is 13.2 Å². The van der Waals surface area contributed by atoms with Crippen molar-refractivity contribution in [1.82, 2.24) is 0 Å². The number of sulfone groups is 1. The molecule has 1 saturated carbocycles. The first-order valence-corrected chi connectivity index (χ1v) is 6.51. The van der Waals surface area contributed by atoms with E-state index < -0.39 is 9.84 Å². The molecule has 76 valence electrons. The molecule has 1 fully saturated rings. The van der Waals surface area contributed by atoms with Crippen LogP contribution < -0.4 is 0 Å². The molecule has 0 aliphatic heterocycles. The van der Waals surface area contributed by atoms with Crippen LogP contribution in [-0.4, -0.2) is 25.2 Å². The van der Waals surface area contributed by atoms with Crippen LogP contribution in [0.1, 0.15) is 39.0 Å². The van der Waals surface area contributed by atoms with Gasteiger partial charge in [-0.1, -0.05) is 13.3 Å². The van der Waals surface area contributed by atoms with Crippen LogP contribution in [0.2, 0.25) is 0 Å². The molecule has 0 aromatic heterocycles. The number of carbonyl (C=O) groups is 1. The maximum absolute atomic E-state index is 11.6. The van der Waals surface area contributed by atoms with Crippen LogP contribution in [0.5, 0.6) is 0 Å². The fraction of sp³-hybridized carbons (Fsp3) is 0.889. The molecule has 0 radical (unpaired) electrons. The molecule has 0 amide bonds. The first-order chi connectivity index (χ1) is 6.06. The third-order valence-corrected chi connectivity index (χ3v) is 4.77. The highest BCUT2D eigenvalue weighted by atomic mass is 32.2. The van der Waals surface area contributed by atoms with E-state index in [1.54, 1.807) is 0 Å². The SMILES string of the molecule is CCCCS(=O)(=O)C1CCC(=O)C1. The third-order valence-electron chi connectivity index (χ3n) is 2.49. The average molecular weight is 204 g/mol. The second-order valence-corrected chi connectivity index (χ2v) is 6.02. The fourth-order valence-electron chi connectivity index (χ4n) is 1.60. The summed E-state index contributed by atoms with van der Waals surface area (Å²) in [5.41, 5.74) is 0. The molecule has 0 heterocycles. The van der Waals surface area contributed by atoms with E-state index in [2.05, 4.69) is 0 Å². The molecule has 13 heavy (non-hydrogen) atoms. The fourth-order valence-corrected chi connectivity index (χ4v) is 3.54. The lowest BCUT2D eigenvalue weighted by atomic mass is 10.4. The van der Waals surface area contributed by atoms with E-state index in [1.807, 2.05) is 6.92 Å². The highest BCUT2D eigenvalue weighted by Gasteiger charge is 2.32. The number of unbranched alkanes of at least 4 members (excludes halogenated alkanes) is 1. The van der Waals surface area contributed by atoms with E-state index in [4.69, 9.17) is 0 Å². The monoisotopic (exact) mass is 204 g/mol. The average Bonchev–Trinajstić information content (AvgIpc) is 2.49. The van der Waals surface area contributed by atoms with E-state index >= 15 is 0 Å². The van der Waals surface area contributed by atoms with Gasteiger partial charge in [-0.3, -0.25) is 4.79 Å². The summed E-state index contributed by atoms with van der Waals surface area (Å²) in [4.78, 5) is 10.9. The second-order valence-electron chi connectivity index (χ2n) is 3.62. The molecule has 0 aromatic rings. The summed E-state index contributed by atoms with van der Waals surface area (Å²) in [7, 11) is -2.98. The Morgan fingerprint density at radius 1 is 1.46 bits per heavy atom. The Morgan fingerprint density at radius 3 is 2.62 bits per heavy atom. The van der Waals surface area contributed by atoms with Gasteiger partial charge in [0.15, 0.2) is 9.84 Å². The lowest BCUT2D eigenvalue weighted by Crippen LogP contribution is -2.21. The summed E-state index contributed by atoms with van der Waals surface area (Å²) in [6.07, 6.45) is 2.86. The van der Waals surface area contributed by atoms with Crippen LogP contribution in [0.4, 0.5) is 0 Å². The normalized spacial score (nSPS) is 23.8. The van der Waals surface area contributed by atoms with Gasteiger partial charge >= 0.3 is 0 Å². The topological polar surface area (TPSA) is 51.2 Å². The lowest BCUT2D eigenvalue weighted by molar-refractivity contribution is -0.117. The Bertz CT molecular complexity index is 279. The molecule has 0 aromatic carbocycles. The van der Waals surface area contributed by atoms with Crippen molar-refractivity contribution in [2.45, 2.75) is 44.3 Å². The van der Waals surface area contributed by atoms with Gasteiger partial charge in [0.1, 0.15) is 5.78 Å². The summed E-state index contributed by atoms with van der Waals surface area (Å²) in [6.45, 7) is 1.97. The van der Waals surface area contributed by atoms with Crippen LogP contribution in [0, 0.1) is 0 Å². The summed E-state index contributed by atoms with van der Waals surface area (Å²) < 4.78 is 23.2. The van der Waals surface area contributed by atoms with Gasteiger partial charge in [0.05, 0.1) is 11.0 Å². The van der Waals surface area contributed by atoms with Gasteiger partial charge in [0.25, 0.3) is 0 Å². The third kappa shape index (κ3) is 2.79. The first-order valence-electron chi connectivity index (χ1n) is 4.79. The maximum Gasteiger partial charge on any atom is 0.153 e. The zero-order valence-corrected chi connectivity index (χ0v) is 8.77. The molecule has 1 atom stereocenters. The molecule has 4 heteroatoms. The Morgan fingerprint density at radius 2 is 2.15 bits per heavy atom. The van der Waals surface area contributed by atoms with Gasteiger partial charge in [0, 0.05) is 12.8 Å². The van der Waals surface area contributed by atoms with Gasteiger partial charge < -0.3 is 0 Å². The van der Waals surface area contributed by atoms with Crippen LogP contribution in [-0.2, 0) is 14.6 Å². The zero-order valence-electron chi connectivity index (χ0n) is 7.95. The molecular weight excluding hydrogens is 188 g/mol. The van der Waals surface area contributed by atoms with Crippen LogP contribution >= 0.6 is 0 Å². The van der Waals surface area contributed by atoms with Crippen molar-refractivity contribution in [3.8, 4) is 0 Å². The molecule has 1 rings (SSSR count). The van der Waals surface area contributed by atoms with Crippen molar-refractivity contribution in [3.05, 3.63) is 0 Å². The number of hydrogen-bond acceptors (Lipinski definition) is 3. The van der Waals surface area contributed by atoms with Gasteiger partial charge in [0.2, 0.25) is 0 Å². The number of carbonyl (C=O) groups excluding carboxylic acids is 1. The minimum Gasteiger partial charge on any atom is -0.300 e. The Labute approximate surface area is 79.4 Å². The summed E-state index contributed by atoms with van der Waals surface area (Å²) in [6, 6.07) is 0. The summed E-state index contributed by atoms with van der Waals surface area (Å²) in [5.74, 6) is 0.353. The largest absolute Gasteiger partial charge is 0.300 e. The number of Topliss-reactive ketones (excluding diaryl/α,β-unsaturated/α-hetero) is 1. The maximum atomic E-state index is 11.6. The first kappa shape index (κ1) is 10.7. The van der Waals surface area contributed by atoms with Gasteiger partial charge in [-0.15, -0.1) is 0 Å². The minimum atomic E-state index is -2.98. The molecule has 0 saturated heterocycles. The predicted molar refractivity (Wildman–Crippen MR) is 51.3 cm³/mol. The van der Waals surface area contributed by atoms with Crippen molar-refractivity contribution in [3.63, 3.8) is 0 Å². The van der Waals surface area contributed by atoms with Gasteiger partial charge in [-0.2, -0.15) is 0 Å². The van der Waals surface area contributed by atoms with E-state index in [1.165, 1.54) is 0 Å². The lowest BCUT2D eigenvalue weighted by Gasteiger charge is -2.08. The highest BCUT2D eigenvalue weighted by molar-refractivity contribution is 7.92. The van der Waals surface area contributed by atoms with Crippen molar-refractivity contribution >= 4 is 15.6 Å². The zero-order chi connectivity index (χ0) is 9.90.